The molecule has 4 N–H and O–H groups in total. The van der Waals surface area contributed by atoms with Crippen molar-refractivity contribution in [2.45, 2.75) is 104 Å². The maximum Gasteiger partial charge on any atom is 0.412 e. The van der Waals surface area contributed by atoms with E-state index < -0.39 is 17.3 Å². The van der Waals surface area contributed by atoms with Gasteiger partial charge in [0.25, 0.3) is 0 Å². The molecule has 2 amide bonds. The van der Waals surface area contributed by atoms with Gasteiger partial charge in [-0.2, -0.15) is 10.1 Å². The van der Waals surface area contributed by atoms with Gasteiger partial charge in [-0.05, 0) is 97.9 Å². The number of hydrogen-bond acceptors (Lipinski definition) is 11. The van der Waals surface area contributed by atoms with Gasteiger partial charge in [-0.15, -0.1) is 0 Å². The van der Waals surface area contributed by atoms with Crippen molar-refractivity contribution in [1.29, 1.82) is 0 Å². The Kier molecular flexibility index (Phi) is 10.3. The highest BCUT2D eigenvalue weighted by atomic mass is 16.6. The average molecular weight is 659 g/mol. The van der Waals surface area contributed by atoms with Gasteiger partial charge in [-0.25, -0.2) is 24.5 Å². The van der Waals surface area contributed by atoms with Crippen LogP contribution in [0, 0.1) is 0 Å². The number of carbonyl (C=O) groups excluding carboxylic acids is 2. The number of aromatic amines is 1. The number of nitrogens with zero attached hydrogens (tertiary/aromatic N) is 6. The SMILES string of the molecule is CCCN(c1cccc(NC(=O)OC(C)(C)C)c1)c1nccc(-c2[nH]nc3nc(NC4CCC(NC(=O)OC(C)(C)C)CC4)ncc23)n1. The molecule has 0 unspecified atom stereocenters. The highest BCUT2D eigenvalue weighted by Crippen LogP contribution is 2.30. The molecule has 1 fully saturated rings. The molecule has 1 aliphatic carbocycles. The van der Waals surface area contributed by atoms with Crippen LogP contribution in [0.4, 0.5) is 32.9 Å². The number of alkyl carbamates (subject to hydrolysis) is 1. The van der Waals surface area contributed by atoms with Gasteiger partial charge in [0.2, 0.25) is 11.9 Å². The standard InChI is InChI=1S/C34H46N10O4/c1-8-18-44(24-11-9-10-23(19-24)39-32(46)48-34(5,6)7)30-35-17-16-26(40-30)27-25-20-36-29(41-28(25)43-42-27)37-21-12-14-22(15-13-21)38-31(45)47-33(2,3)4/h9-11,16-17,19-22H,8,12-15,18H2,1-7H3,(H,38,45)(H,39,46)(H2,36,37,41,42,43). The van der Waals surface area contributed by atoms with E-state index in [2.05, 4.69) is 48.0 Å². The number of amides is 2. The topological polar surface area (TPSA) is 172 Å². The van der Waals surface area contributed by atoms with Gasteiger partial charge in [0.15, 0.2) is 5.65 Å². The molecule has 0 spiro atoms. The Morgan fingerprint density at radius 1 is 0.938 bits per heavy atom. The van der Waals surface area contributed by atoms with Gasteiger partial charge in [-0.3, -0.25) is 10.4 Å². The minimum atomic E-state index is -0.604. The van der Waals surface area contributed by atoms with Crippen LogP contribution in [-0.2, 0) is 9.47 Å². The molecular weight excluding hydrogens is 612 g/mol. The van der Waals surface area contributed by atoms with E-state index in [4.69, 9.17) is 14.5 Å². The molecule has 14 heteroatoms. The molecular formula is C34H46N10O4. The van der Waals surface area contributed by atoms with Crippen LogP contribution < -0.4 is 20.9 Å². The molecule has 0 radical (unpaired) electrons. The van der Waals surface area contributed by atoms with Gasteiger partial charge >= 0.3 is 12.2 Å². The van der Waals surface area contributed by atoms with Crippen LogP contribution in [0.5, 0.6) is 0 Å². The van der Waals surface area contributed by atoms with Crippen molar-refractivity contribution in [2.75, 3.05) is 22.1 Å². The Balaban J connectivity index is 1.26. The predicted molar refractivity (Wildman–Crippen MR) is 185 cm³/mol. The van der Waals surface area contributed by atoms with Crippen molar-refractivity contribution in [2.24, 2.45) is 0 Å². The molecule has 3 aromatic heterocycles. The zero-order valence-electron chi connectivity index (χ0n) is 28.8. The first kappa shape index (κ1) is 34.3. The number of hydrogen-bond donors (Lipinski definition) is 4. The summed E-state index contributed by atoms with van der Waals surface area (Å²) in [6.07, 6.45) is 6.80. The van der Waals surface area contributed by atoms with E-state index in [1.165, 1.54) is 0 Å². The normalized spacial score (nSPS) is 16.6. The number of rotatable bonds is 9. The smallest absolute Gasteiger partial charge is 0.412 e. The monoisotopic (exact) mass is 658 g/mol. The lowest BCUT2D eigenvalue weighted by molar-refractivity contribution is 0.0491. The molecule has 5 rings (SSSR count). The first-order valence-corrected chi connectivity index (χ1v) is 16.4. The summed E-state index contributed by atoms with van der Waals surface area (Å²) in [5, 5.41) is 17.5. The van der Waals surface area contributed by atoms with Crippen molar-refractivity contribution < 1.29 is 19.1 Å². The zero-order chi connectivity index (χ0) is 34.5. The lowest BCUT2D eigenvalue weighted by Gasteiger charge is -2.30. The Hall–Kier alpha value is -5.01. The number of ether oxygens (including phenoxy) is 2. The Bertz CT molecular complexity index is 1720. The van der Waals surface area contributed by atoms with Crippen molar-refractivity contribution >= 4 is 46.5 Å². The van der Waals surface area contributed by atoms with E-state index in [0.29, 0.717) is 41.2 Å². The fraction of sp³-hybridized carbons (Fsp3) is 0.500. The summed E-state index contributed by atoms with van der Waals surface area (Å²) in [5.41, 5.74) is 2.16. The van der Waals surface area contributed by atoms with Crippen molar-refractivity contribution in [3.63, 3.8) is 0 Å². The molecule has 0 bridgehead atoms. The van der Waals surface area contributed by atoms with Gasteiger partial charge in [0.05, 0.1) is 16.8 Å². The first-order valence-electron chi connectivity index (χ1n) is 16.4. The molecule has 4 aromatic rings. The second kappa shape index (κ2) is 14.4. The van der Waals surface area contributed by atoms with Crippen LogP contribution in [0.1, 0.15) is 80.6 Å². The molecule has 48 heavy (non-hydrogen) atoms. The fourth-order valence-electron chi connectivity index (χ4n) is 5.47. The van der Waals surface area contributed by atoms with Crippen molar-refractivity contribution in [3.8, 4) is 11.4 Å². The van der Waals surface area contributed by atoms with Crippen LogP contribution in [0.15, 0.2) is 42.7 Å². The van der Waals surface area contributed by atoms with E-state index in [0.717, 1.165) is 43.2 Å². The number of anilines is 4. The average Bonchev–Trinajstić information content (AvgIpc) is 3.42. The van der Waals surface area contributed by atoms with E-state index >= 15 is 0 Å². The molecule has 0 saturated heterocycles. The lowest BCUT2D eigenvalue weighted by atomic mass is 9.91. The van der Waals surface area contributed by atoms with Crippen LogP contribution in [0.2, 0.25) is 0 Å². The molecule has 1 saturated carbocycles. The molecule has 1 aliphatic rings. The first-order chi connectivity index (χ1) is 22.8. The van der Waals surface area contributed by atoms with E-state index in [1.807, 2.05) is 76.8 Å². The van der Waals surface area contributed by atoms with E-state index in [-0.39, 0.29) is 18.2 Å². The number of H-pyrrole nitrogens is 1. The second-order valence-electron chi connectivity index (χ2n) is 13.9. The third-order valence-electron chi connectivity index (χ3n) is 7.48. The number of nitrogens with one attached hydrogen (secondary N) is 4. The van der Waals surface area contributed by atoms with Crippen LogP contribution in [0.3, 0.4) is 0 Å². The minimum Gasteiger partial charge on any atom is -0.444 e. The molecule has 0 aliphatic heterocycles. The quantitative estimate of drug-likeness (QED) is 0.147. The van der Waals surface area contributed by atoms with Gasteiger partial charge < -0.3 is 25.0 Å². The molecule has 3 heterocycles. The summed E-state index contributed by atoms with van der Waals surface area (Å²) in [7, 11) is 0. The molecule has 0 atom stereocenters. The molecule has 1 aromatic carbocycles. The molecule has 256 valence electrons. The Morgan fingerprint density at radius 3 is 2.35 bits per heavy atom. The van der Waals surface area contributed by atoms with Crippen molar-refractivity contribution in [1.82, 2.24) is 35.5 Å². The summed E-state index contributed by atoms with van der Waals surface area (Å²) in [5.74, 6) is 1.00. The highest BCUT2D eigenvalue weighted by molar-refractivity contribution is 5.90. The van der Waals surface area contributed by atoms with Crippen molar-refractivity contribution in [3.05, 3.63) is 42.7 Å². The van der Waals surface area contributed by atoms with E-state index in [9.17, 15) is 9.59 Å². The second-order valence-corrected chi connectivity index (χ2v) is 13.9. The lowest BCUT2D eigenvalue weighted by Crippen LogP contribution is -2.42. The number of aromatic nitrogens is 6. The molecule has 14 nitrogen and oxygen atoms in total. The van der Waals surface area contributed by atoms with E-state index in [1.54, 1.807) is 12.4 Å². The zero-order valence-corrected chi connectivity index (χ0v) is 28.8. The predicted octanol–water partition coefficient (Wildman–Crippen LogP) is 6.95. The number of benzene rings is 1. The van der Waals surface area contributed by atoms with Crippen LogP contribution in [-0.4, -0.2) is 72.2 Å². The summed E-state index contributed by atoms with van der Waals surface area (Å²) < 4.78 is 10.8. The highest BCUT2D eigenvalue weighted by Gasteiger charge is 2.26. The largest absolute Gasteiger partial charge is 0.444 e. The maximum absolute atomic E-state index is 12.4. The number of fused-ring (bicyclic) bond motifs is 1. The van der Waals surface area contributed by atoms with Gasteiger partial charge in [0, 0.05) is 42.4 Å². The summed E-state index contributed by atoms with van der Waals surface area (Å²) in [6, 6.07) is 9.58. The minimum absolute atomic E-state index is 0.0824. The Labute approximate surface area is 280 Å². The van der Waals surface area contributed by atoms with Crippen LogP contribution >= 0.6 is 0 Å². The third-order valence-corrected chi connectivity index (χ3v) is 7.48. The van der Waals surface area contributed by atoms with Gasteiger partial charge in [0.1, 0.15) is 11.2 Å². The van der Waals surface area contributed by atoms with Crippen LogP contribution in [0.25, 0.3) is 22.4 Å². The summed E-state index contributed by atoms with van der Waals surface area (Å²) in [6.45, 7) is 13.8. The summed E-state index contributed by atoms with van der Waals surface area (Å²) in [4.78, 5) is 45.2. The third kappa shape index (κ3) is 9.29. The Morgan fingerprint density at radius 2 is 1.65 bits per heavy atom. The fourth-order valence-corrected chi connectivity index (χ4v) is 5.47. The summed E-state index contributed by atoms with van der Waals surface area (Å²) >= 11 is 0. The maximum atomic E-state index is 12.4. The number of carbonyl (C=O) groups is 2. The van der Waals surface area contributed by atoms with Gasteiger partial charge in [-0.1, -0.05) is 13.0 Å².